The molecule has 1 aromatic carbocycles. The number of anilines is 1. The molecule has 5 nitrogen and oxygen atoms in total. The van der Waals surface area contributed by atoms with Gasteiger partial charge in [-0.05, 0) is 68.3 Å². The molecule has 0 spiro atoms. The van der Waals surface area contributed by atoms with E-state index in [4.69, 9.17) is 4.74 Å². The minimum absolute atomic E-state index is 0.000496. The molecular weight excluding hydrogens is 370 g/mol. The molecule has 2 aromatic rings. The lowest BCUT2D eigenvalue weighted by Crippen LogP contribution is -2.42. The molecule has 0 unspecified atom stereocenters. The standard InChI is InChI=1S/C22H31N3O2S/c1-27-19-6-4-18(5-7-19)14-22(17-26)8-12-24(13-9-22)16-20-15-23-21(28-20)25-10-2-3-11-25/h4-7,15,26H,2-3,8-14,16-17H2,1H3. The molecule has 6 heteroatoms. The average molecular weight is 402 g/mol. The predicted octanol–water partition coefficient (Wildman–Crippen LogP) is 3.57. The summed E-state index contributed by atoms with van der Waals surface area (Å²) in [6.45, 7) is 5.62. The van der Waals surface area contributed by atoms with Crippen LogP contribution in [0, 0.1) is 5.41 Å². The molecule has 2 aliphatic heterocycles. The van der Waals surface area contributed by atoms with Gasteiger partial charge in [-0.1, -0.05) is 12.1 Å². The number of nitrogens with zero attached hydrogens (tertiary/aromatic N) is 3. The highest BCUT2D eigenvalue weighted by atomic mass is 32.1. The van der Waals surface area contributed by atoms with Crippen LogP contribution < -0.4 is 9.64 Å². The summed E-state index contributed by atoms with van der Waals surface area (Å²) in [5, 5.41) is 11.3. The van der Waals surface area contributed by atoms with Crippen LogP contribution in [-0.2, 0) is 13.0 Å². The SMILES string of the molecule is COc1ccc(CC2(CO)CCN(Cc3cnc(N4CCCC4)s3)CC2)cc1. The summed E-state index contributed by atoms with van der Waals surface area (Å²) in [4.78, 5) is 10.9. The first-order valence-electron chi connectivity index (χ1n) is 10.4. The summed E-state index contributed by atoms with van der Waals surface area (Å²) in [7, 11) is 1.69. The van der Waals surface area contributed by atoms with Gasteiger partial charge >= 0.3 is 0 Å². The van der Waals surface area contributed by atoms with Crippen molar-refractivity contribution in [1.29, 1.82) is 0 Å². The van der Waals surface area contributed by atoms with E-state index < -0.39 is 0 Å². The zero-order valence-corrected chi connectivity index (χ0v) is 17.6. The lowest BCUT2D eigenvalue weighted by molar-refractivity contribution is 0.0417. The molecule has 0 radical (unpaired) electrons. The summed E-state index contributed by atoms with van der Waals surface area (Å²) in [5.41, 5.74) is 1.28. The fourth-order valence-electron chi connectivity index (χ4n) is 4.40. The fraction of sp³-hybridized carbons (Fsp3) is 0.591. The molecule has 2 saturated heterocycles. The van der Waals surface area contributed by atoms with Gasteiger partial charge in [-0.2, -0.15) is 0 Å². The van der Waals surface area contributed by atoms with Gasteiger partial charge in [0.2, 0.25) is 0 Å². The number of hydrogen-bond donors (Lipinski definition) is 1. The molecule has 2 fully saturated rings. The Morgan fingerprint density at radius 1 is 1.11 bits per heavy atom. The van der Waals surface area contributed by atoms with Gasteiger partial charge in [0.1, 0.15) is 5.75 Å². The summed E-state index contributed by atoms with van der Waals surface area (Å²) in [6.07, 6.45) is 7.64. The number of aromatic nitrogens is 1. The maximum Gasteiger partial charge on any atom is 0.185 e. The molecule has 0 amide bonds. The second kappa shape index (κ2) is 8.80. The smallest absolute Gasteiger partial charge is 0.185 e. The van der Waals surface area contributed by atoms with Gasteiger partial charge in [0.05, 0.1) is 7.11 Å². The van der Waals surface area contributed by atoms with Crippen molar-refractivity contribution in [2.45, 2.75) is 38.6 Å². The first-order valence-corrected chi connectivity index (χ1v) is 11.2. The normalized spacial score (nSPS) is 19.9. The number of aliphatic hydroxyl groups is 1. The molecule has 152 valence electrons. The average Bonchev–Trinajstić information content (AvgIpc) is 3.42. The van der Waals surface area contributed by atoms with E-state index in [2.05, 4.69) is 33.1 Å². The highest BCUT2D eigenvalue weighted by Crippen LogP contribution is 2.36. The van der Waals surface area contributed by atoms with E-state index in [1.807, 2.05) is 23.5 Å². The first-order chi connectivity index (χ1) is 13.7. The molecule has 0 atom stereocenters. The number of hydrogen-bond acceptors (Lipinski definition) is 6. The van der Waals surface area contributed by atoms with Crippen molar-refractivity contribution >= 4 is 16.5 Å². The zero-order chi connectivity index (χ0) is 19.4. The van der Waals surface area contributed by atoms with Gasteiger partial charge in [-0.15, -0.1) is 11.3 Å². The van der Waals surface area contributed by atoms with E-state index in [0.717, 1.165) is 57.7 Å². The molecule has 0 bridgehead atoms. The highest BCUT2D eigenvalue weighted by Gasteiger charge is 2.34. The number of thiazole rings is 1. The van der Waals surface area contributed by atoms with Gasteiger partial charge in [0, 0.05) is 37.3 Å². The number of likely N-dealkylation sites (tertiary alicyclic amines) is 1. The Hall–Kier alpha value is -1.63. The van der Waals surface area contributed by atoms with Gasteiger partial charge in [0.25, 0.3) is 0 Å². The second-order valence-corrected chi connectivity index (χ2v) is 9.36. The third-order valence-corrected chi connectivity index (χ3v) is 7.33. The van der Waals surface area contributed by atoms with Crippen molar-refractivity contribution in [3.63, 3.8) is 0 Å². The van der Waals surface area contributed by atoms with Crippen molar-refractivity contribution < 1.29 is 9.84 Å². The van der Waals surface area contributed by atoms with Gasteiger partial charge in [-0.3, -0.25) is 4.90 Å². The monoisotopic (exact) mass is 401 g/mol. The number of piperidine rings is 1. The minimum Gasteiger partial charge on any atom is -0.497 e. The van der Waals surface area contributed by atoms with Crippen LogP contribution in [-0.4, -0.2) is 54.9 Å². The summed E-state index contributed by atoms with van der Waals surface area (Å²) in [6, 6.07) is 8.27. The molecule has 4 rings (SSSR count). The van der Waals surface area contributed by atoms with Crippen LogP contribution in [0.15, 0.2) is 30.5 Å². The summed E-state index contributed by atoms with van der Waals surface area (Å²) < 4.78 is 5.25. The van der Waals surface area contributed by atoms with Gasteiger partial charge < -0.3 is 14.7 Å². The molecule has 0 saturated carbocycles. The van der Waals surface area contributed by atoms with Crippen LogP contribution in [0.2, 0.25) is 0 Å². The van der Waals surface area contributed by atoms with E-state index in [1.54, 1.807) is 7.11 Å². The largest absolute Gasteiger partial charge is 0.497 e. The third-order valence-electron chi connectivity index (χ3n) is 6.29. The zero-order valence-electron chi connectivity index (χ0n) is 16.8. The fourth-order valence-corrected chi connectivity index (χ4v) is 5.40. The van der Waals surface area contributed by atoms with Gasteiger partial charge in [0.15, 0.2) is 5.13 Å². The van der Waals surface area contributed by atoms with E-state index in [1.165, 1.54) is 28.4 Å². The molecule has 3 heterocycles. The highest BCUT2D eigenvalue weighted by molar-refractivity contribution is 7.15. The van der Waals surface area contributed by atoms with Crippen molar-refractivity contribution in [3.05, 3.63) is 40.9 Å². The van der Waals surface area contributed by atoms with Crippen molar-refractivity contribution in [1.82, 2.24) is 9.88 Å². The Morgan fingerprint density at radius 2 is 1.82 bits per heavy atom. The maximum atomic E-state index is 10.1. The number of benzene rings is 1. The van der Waals surface area contributed by atoms with Crippen LogP contribution in [0.3, 0.4) is 0 Å². The Balaban J connectivity index is 1.32. The number of aliphatic hydroxyl groups excluding tert-OH is 1. The van der Waals surface area contributed by atoms with Crippen molar-refractivity contribution in [2.75, 3.05) is 44.8 Å². The lowest BCUT2D eigenvalue weighted by Gasteiger charge is -2.40. The second-order valence-electron chi connectivity index (χ2n) is 8.26. The Labute approximate surface area is 172 Å². The minimum atomic E-state index is -0.000496. The Morgan fingerprint density at radius 3 is 2.46 bits per heavy atom. The van der Waals surface area contributed by atoms with E-state index in [9.17, 15) is 5.11 Å². The van der Waals surface area contributed by atoms with Crippen LogP contribution in [0.5, 0.6) is 5.75 Å². The molecule has 1 N–H and O–H groups in total. The molecule has 28 heavy (non-hydrogen) atoms. The Kier molecular flexibility index (Phi) is 6.19. The molecule has 1 aromatic heterocycles. The van der Waals surface area contributed by atoms with Crippen molar-refractivity contribution in [2.24, 2.45) is 5.41 Å². The maximum absolute atomic E-state index is 10.1. The van der Waals surface area contributed by atoms with Crippen LogP contribution >= 0.6 is 11.3 Å². The predicted molar refractivity (Wildman–Crippen MR) is 114 cm³/mol. The molecule has 2 aliphatic rings. The Bertz CT molecular complexity index is 747. The quantitative estimate of drug-likeness (QED) is 0.769. The van der Waals surface area contributed by atoms with E-state index in [-0.39, 0.29) is 12.0 Å². The van der Waals surface area contributed by atoms with Gasteiger partial charge in [-0.25, -0.2) is 4.98 Å². The lowest BCUT2D eigenvalue weighted by atomic mass is 9.74. The first kappa shape index (κ1) is 19.7. The van der Waals surface area contributed by atoms with E-state index >= 15 is 0 Å². The number of rotatable bonds is 7. The van der Waals surface area contributed by atoms with Crippen LogP contribution in [0.25, 0.3) is 0 Å². The third kappa shape index (κ3) is 4.50. The number of methoxy groups -OCH3 is 1. The van der Waals surface area contributed by atoms with Crippen LogP contribution in [0.1, 0.15) is 36.1 Å². The molecular formula is C22H31N3O2S. The topological polar surface area (TPSA) is 48.8 Å². The number of ether oxygens (including phenoxy) is 1. The van der Waals surface area contributed by atoms with Crippen LogP contribution in [0.4, 0.5) is 5.13 Å². The summed E-state index contributed by atoms with van der Waals surface area (Å²) in [5.74, 6) is 0.884. The van der Waals surface area contributed by atoms with Crippen molar-refractivity contribution in [3.8, 4) is 5.75 Å². The molecule has 0 aliphatic carbocycles. The van der Waals surface area contributed by atoms with E-state index in [0.29, 0.717) is 0 Å². The summed E-state index contributed by atoms with van der Waals surface area (Å²) >= 11 is 1.85.